The molecular formula is C8H13F3N2O3S. The van der Waals surface area contributed by atoms with Crippen LogP contribution in [0.25, 0.3) is 0 Å². The Labute approximate surface area is 97.0 Å². The Hall–Kier alpha value is -1.09. The Balaban J connectivity index is 0.000000304. The van der Waals surface area contributed by atoms with Crippen LogP contribution in [0.2, 0.25) is 0 Å². The molecule has 0 radical (unpaired) electrons. The molecule has 0 aliphatic rings. The molecule has 17 heavy (non-hydrogen) atoms. The molecule has 0 saturated carbocycles. The summed E-state index contributed by atoms with van der Waals surface area (Å²) in [6, 6.07) is 0. The largest absolute Gasteiger partial charge is 0.522 e. The standard InChI is InChI=1S/C7H12N2.CHF3O3S/c1-4-9-5-6(2)8-7(9)3;2-1(3,4)8(5,6)7/h5H,4H2,1-3H3;(H,5,6,7). The minimum atomic E-state index is -5.84. The lowest BCUT2D eigenvalue weighted by Gasteiger charge is -1.97. The number of halogens is 3. The third kappa shape index (κ3) is 5.18. The van der Waals surface area contributed by atoms with Gasteiger partial charge >= 0.3 is 15.6 Å². The highest BCUT2D eigenvalue weighted by Gasteiger charge is 2.44. The van der Waals surface area contributed by atoms with Crippen molar-refractivity contribution in [2.45, 2.75) is 32.8 Å². The highest BCUT2D eigenvalue weighted by atomic mass is 32.2. The maximum atomic E-state index is 10.7. The molecule has 100 valence electrons. The SMILES string of the molecule is CCn1cc(C)nc1C.O=S(=O)(O)C(F)(F)F. The van der Waals surface area contributed by atoms with Crippen LogP contribution in [0.15, 0.2) is 6.20 Å². The number of nitrogens with zero attached hydrogens (tertiary/aromatic N) is 2. The van der Waals surface area contributed by atoms with E-state index >= 15 is 0 Å². The maximum absolute atomic E-state index is 10.7. The molecule has 1 heterocycles. The average Bonchev–Trinajstić information content (AvgIpc) is 2.42. The Morgan fingerprint density at radius 1 is 1.41 bits per heavy atom. The van der Waals surface area contributed by atoms with E-state index in [4.69, 9.17) is 13.0 Å². The van der Waals surface area contributed by atoms with Crippen LogP contribution in [0, 0.1) is 13.8 Å². The van der Waals surface area contributed by atoms with Crippen molar-refractivity contribution in [1.82, 2.24) is 9.55 Å². The van der Waals surface area contributed by atoms with Gasteiger partial charge in [0.15, 0.2) is 0 Å². The number of aryl methyl sites for hydroxylation is 3. The maximum Gasteiger partial charge on any atom is 0.522 e. The van der Waals surface area contributed by atoms with Crippen molar-refractivity contribution in [1.29, 1.82) is 0 Å². The minimum absolute atomic E-state index is 1.02. The Kier molecular flexibility index (Phi) is 5.14. The van der Waals surface area contributed by atoms with Gasteiger partial charge in [-0.25, -0.2) is 4.98 Å². The molecule has 1 N–H and O–H groups in total. The number of hydrogen-bond acceptors (Lipinski definition) is 3. The number of rotatable bonds is 1. The van der Waals surface area contributed by atoms with Crippen molar-refractivity contribution >= 4 is 10.1 Å². The Morgan fingerprint density at radius 2 is 1.82 bits per heavy atom. The van der Waals surface area contributed by atoms with E-state index in [2.05, 4.69) is 22.7 Å². The summed E-state index contributed by atoms with van der Waals surface area (Å²) in [5.74, 6) is 1.11. The highest BCUT2D eigenvalue weighted by Crippen LogP contribution is 2.20. The van der Waals surface area contributed by atoms with Crippen LogP contribution >= 0.6 is 0 Å². The first-order chi connectivity index (χ1) is 7.49. The van der Waals surface area contributed by atoms with Crippen molar-refractivity contribution in [3.05, 3.63) is 17.7 Å². The van der Waals surface area contributed by atoms with Crippen molar-refractivity contribution in [2.24, 2.45) is 0 Å². The third-order valence-corrected chi connectivity index (χ3v) is 2.31. The number of hydrogen-bond donors (Lipinski definition) is 1. The van der Waals surface area contributed by atoms with E-state index in [0.717, 1.165) is 18.1 Å². The van der Waals surface area contributed by atoms with E-state index < -0.39 is 15.6 Å². The summed E-state index contributed by atoms with van der Waals surface area (Å²) >= 11 is 0. The zero-order valence-electron chi connectivity index (χ0n) is 9.48. The second kappa shape index (κ2) is 5.50. The topological polar surface area (TPSA) is 72.2 Å². The summed E-state index contributed by atoms with van der Waals surface area (Å²) in [7, 11) is -5.84. The Bertz CT molecular complexity index is 465. The van der Waals surface area contributed by atoms with Gasteiger partial charge in [0.25, 0.3) is 0 Å². The molecule has 0 atom stereocenters. The van der Waals surface area contributed by atoms with Crippen molar-refractivity contribution in [2.75, 3.05) is 0 Å². The first-order valence-corrected chi connectivity index (χ1v) is 5.97. The molecule has 1 aromatic heterocycles. The minimum Gasteiger partial charge on any atom is -0.335 e. The first kappa shape index (κ1) is 15.9. The molecule has 9 heteroatoms. The normalized spacial score (nSPS) is 11.9. The van der Waals surface area contributed by atoms with E-state index in [1.807, 2.05) is 13.8 Å². The van der Waals surface area contributed by atoms with Crippen LogP contribution in [0.3, 0.4) is 0 Å². The molecule has 5 nitrogen and oxygen atoms in total. The van der Waals surface area contributed by atoms with Crippen LogP contribution in [-0.2, 0) is 16.7 Å². The molecule has 0 aromatic carbocycles. The zero-order valence-corrected chi connectivity index (χ0v) is 10.3. The van der Waals surface area contributed by atoms with Crippen molar-refractivity contribution < 1.29 is 26.1 Å². The van der Waals surface area contributed by atoms with Crippen molar-refractivity contribution in [3.63, 3.8) is 0 Å². The zero-order chi connectivity index (χ0) is 13.9. The summed E-state index contributed by atoms with van der Waals surface area (Å²) in [6.45, 7) is 7.18. The molecule has 0 unspecified atom stereocenters. The average molecular weight is 274 g/mol. The molecule has 0 bridgehead atoms. The molecular weight excluding hydrogens is 261 g/mol. The smallest absolute Gasteiger partial charge is 0.335 e. The predicted octanol–water partition coefficient (Wildman–Crippen LogP) is 1.91. The fraction of sp³-hybridized carbons (Fsp3) is 0.625. The first-order valence-electron chi connectivity index (χ1n) is 4.53. The molecule has 0 spiro atoms. The molecule has 1 rings (SSSR count). The fourth-order valence-corrected chi connectivity index (χ4v) is 0.987. The molecule has 0 saturated heterocycles. The third-order valence-electron chi connectivity index (χ3n) is 1.73. The summed E-state index contributed by atoms with van der Waals surface area (Å²) < 4.78 is 59.7. The summed E-state index contributed by atoms with van der Waals surface area (Å²) in [5.41, 5.74) is -4.43. The van der Waals surface area contributed by atoms with Crippen LogP contribution in [-0.4, -0.2) is 28.0 Å². The number of alkyl halides is 3. The van der Waals surface area contributed by atoms with Gasteiger partial charge in [0.2, 0.25) is 0 Å². The number of imidazole rings is 1. The van der Waals surface area contributed by atoms with E-state index in [0.29, 0.717) is 0 Å². The Morgan fingerprint density at radius 3 is 1.94 bits per heavy atom. The summed E-state index contributed by atoms with van der Waals surface area (Å²) in [4.78, 5) is 4.24. The van der Waals surface area contributed by atoms with Gasteiger partial charge in [-0.3, -0.25) is 4.55 Å². The van der Waals surface area contributed by atoms with E-state index in [1.54, 1.807) is 0 Å². The highest BCUT2D eigenvalue weighted by molar-refractivity contribution is 7.86. The van der Waals surface area contributed by atoms with Gasteiger partial charge in [0, 0.05) is 12.7 Å². The van der Waals surface area contributed by atoms with E-state index in [9.17, 15) is 13.2 Å². The van der Waals surface area contributed by atoms with Crippen LogP contribution in [0.1, 0.15) is 18.4 Å². The molecule has 0 aliphatic heterocycles. The van der Waals surface area contributed by atoms with E-state index in [1.165, 1.54) is 0 Å². The van der Waals surface area contributed by atoms with Crippen LogP contribution in [0.4, 0.5) is 13.2 Å². The lowest BCUT2D eigenvalue weighted by atomic mass is 10.6. The van der Waals surface area contributed by atoms with Crippen LogP contribution < -0.4 is 0 Å². The second-order valence-corrected chi connectivity index (χ2v) is 4.55. The lowest BCUT2D eigenvalue weighted by molar-refractivity contribution is -0.0510. The van der Waals surface area contributed by atoms with Gasteiger partial charge in [0.05, 0.1) is 5.69 Å². The van der Waals surface area contributed by atoms with Gasteiger partial charge in [-0.1, -0.05) is 0 Å². The quantitative estimate of drug-likeness (QED) is 0.627. The van der Waals surface area contributed by atoms with Gasteiger partial charge in [-0.05, 0) is 20.8 Å². The van der Waals surface area contributed by atoms with Gasteiger partial charge in [-0.15, -0.1) is 0 Å². The number of aromatic nitrogens is 2. The fourth-order valence-electron chi connectivity index (χ4n) is 0.987. The molecule has 0 amide bonds. The van der Waals surface area contributed by atoms with Gasteiger partial charge in [-0.2, -0.15) is 21.6 Å². The summed E-state index contributed by atoms with van der Waals surface area (Å²) in [5, 5.41) is 0. The molecule has 1 aromatic rings. The molecule has 0 fully saturated rings. The monoisotopic (exact) mass is 274 g/mol. The summed E-state index contributed by atoms with van der Waals surface area (Å²) in [6.07, 6.45) is 2.06. The van der Waals surface area contributed by atoms with Crippen LogP contribution in [0.5, 0.6) is 0 Å². The van der Waals surface area contributed by atoms with E-state index in [-0.39, 0.29) is 0 Å². The van der Waals surface area contributed by atoms with Gasteiger partial charge < -0.3 is 4.57 Å². The van der Waals surface area contributed by atoms with Gasteiger partial charge in [0.1, 0.15) is 5.82 Å². The second-order valence-electron chi connectivity index (χ2n) is 3.14. The van der Waals surface area contributed by atoms with Crippen molar-refractivity contribution in [3.8, 4) is 0 Å². The lowest BCUT2D eigenvalue weighted by Crippen LogP contribution is -2.21. The molecule has 0 aliphatic carbocycles. The predicted molar refractivity (Wildman–Crippen MR) is 55.0 cm³/mol.